The molecule has 0 spiro atoms. The fourth-order valence-corrected chi connectivity index (χ4v) is 5.36. The van der Waals surface area contributed by atoms with Crippen molar-refractivity contribution in [2.75, 3.05) is 0 Å². The summed E-state index contributed by atoms with van der Waals surface area (Å²) in [5, 5.41) is 3.91. The van der Waals surface area contributed by atoms with E-state index in [1.807, 2.05) is 36.5 Å². The van der Waals surface area contributed by atoms with Crippen molar-refractivity contribution in [3.8, 4) is 0 Å². The summed E-state index contributed by atoms with van der Waals surface area (Å²) in [4.78, 5) is 4.81. The molecule has 0 aliphatic carbocycles. The molecule has 0 saturated heterocycles. The molecule has 4 aromatic carbocycles. The van der Waals surface area contributed by atoms with Crippen LogP contribution in [0.4, 0.5) is 5.69 Å². The molecule has 0 amide bonds. The maximum absolute atomic E-state index is 4.81. The minimum absolute atomic E-state index is 0. The van der Waals surface area contributed by atoms with Crippen LogP contribution >= 0.6 is 7.92 Å². The van der Waals surface area contributed by atoms with E-state index in [0.29, 0.717) is 0 Å². The number of nitrogens with zero attached hydrogens (tertiary/aromatic N) is 1. The summed E-state index contributed by atoms with van der Waals surface area (Å²) < 4.78 is 0. The van der Waals surface area contributed by atoms with Gasteiger partial charge in [0.25, 0.3) is 0 Å². The zero-order valence-corrected chi connectivity index (χ0v) is 19.0. The molecule has 0 aliphatic heterocycles. The number of benzene rings is 4. The normalized spacial score (nSPS) is 10.4. The fourth-order valence-electron chi connectivity index (χ4n) is 2.97. The monoisotopic (exact) mass is 501 g/mol. The van der Waals surface area contributed by atoms with Crippen LogP contribution in [0.3, 0.4) is 0 Å². The molecular weight excluding hydrogens is 484 g/mol. The molecule has 0 unspecified atom stereocenters. The van der Waals surface area contributed by atoms with E-state index >= 15 is 0 Å². The van der Waals surface area contributed by atoms with Crippen molar-refractivity contribution in [2.24, 2.45) is 4.99 Å². The Morgan fingerprint density at radius 3 is 1.79 bits per heavy atom. The van der Waals surface area contributed by atoms with Crippen LogP contribution < -0.4 is 32.9 Å². The minimum atomic E-state index is -0.671. The Kier molecular flexibility index (Phi) is 9.48. The Balaban J connectivity index is 0.00000150. The molecule has 4 aromatic rings. The predicted molar refractivity (Wildman–Crippen MR) is 118 cm³/mol. The summed E-state index contributed by atoms with van der Waals surface area (Å²) in [6, 6.07) is 41.0. The second-order valence-corrected chi connectivity index (χ2v) is 8.26. The van der Waals surface area contributed by atoms with Crippen LogP contribution in [0.5, 0.6) is 0 Å². The fraction of sp³-hybridized carbons (Fsp3) is 0. The van der Waals surface area contributed by atoms with Gasteiger partial charge >= 0.3 is 0 Å². The van der Waals surface area contributed by atoms with Gasteiger partial charge < -0.3 is 17.0 Å². The van der Waals surface area contributed by atoms with E-state index in [1.54, 1.807) is 0 Å². The molecule has 0 N–H and O–H groups in total. The van der Waals surface area contributed by atoms with Crippen molar-refractivity contribution in [1.82, 2.24) is 0 Å². The molecule has 0 atom stereocenters. The van der Waals surface area contributed by atoms with Gasteiger partial charge in [0.15, 0.2) is 0 Å². The smallest absolute Gasteiger partial charge is 0.0713 e. The van der Waals surface area contributed by atoms with Crippen molar-refractivity contribution in [2.45, 2.75) is 0 Å². The molecule has 1 radical (unpaired) electrons. The van der Waals surface area contributed by atoms with Crippen LogP contribution in [-0.4, -0.2) is 6.21 Å². The molecule has 1 nitrogen and oxygen atoms in total. The first kappa shape index (κ1) is 23.2. The van der Waals surface area contributed by atoms with Crippen molar-refractivity contribution >= 4 is 35.7 Å². The number of hydrogen-bond acceptors (Lipinski definition) is 1. The van der Waals surface area contributed by atoms with Crippen LogP contribution in [0.1, 0.15) is 5.56 Å². The van der Waals surface area contributed by atoms with E-state index in [1.165, 1.54) is 15.9 Å². The van der Waals surface area contributed by atoms with E-state index < -0.39 is 7.92 Å². The molecule has 0 saturated carbocycles. The molecule has 4 rings (SSSR count). The Hall–Kier alpha value is -2.05. The minimum Gasteiger partial charge on any atom is -1.00 e. The molecule has 0 fully saturated rings. The van der Waals surface area contributed by atoms with E-state index in [2.05, 4.69) is 84.9 Å². The Bertz CT molecular complexity index is 985. The van der Waals surface area contributed by atoms with Crippen LogP contribution in [-0.2, 0) is 16.5 Å². The second kappa shape index (κ2) is 11.8. The zero-order valence-electron chi connectivity index (χ0n) is 15.6. The first-order chi connectivity index (χ1) is 13.4. The van der Waals surface area contributed by atoms with Gasteiger partial charge in [0.2, 0.25) is 0 Å². The number of para-hydroxylation sites is 1. The molecule has 0 aromatic heterocycles. The number of aliphatic imine (C=N–C) groups is 1. The third-order valence-corrected chi connectivity index (χ3v) is 6.72. The van der Waals surface area contributed by atoms with Gasteiger partial charge in [-0.3, -0.25) is 4.99 Å². The Labute approximate surface area is 194 Å². The summed E-state index contributed by atoms with van der Waals surface area (Å²) in [5.41, 5.74) is 1.99. The SMILES string of the molecule is [Br-].[Ni].[c]1ccccc1C=Nc1ccccc1P(c1ccccc1)c1ccccc1. The predicted octanol–water partition coefficient (Wildman–Crippen LogP) is 2.00. The largest absolute Gasteiger partial charge is 1.00 e. The first-order valence-corrected chi connectivity index (χ1v) is 10.3. The summed E-state index contributed by atoms with van der Waals surface area (Å²) in [6.45, 7) is 0. The van der Waals surface area contributed by atoms with Crippen molar-refractivity contribution in [1.29, 1.82) is 0 Å². The summed E-state index contributed by atoms with van der Waals surface area (Å²) in [5.74, 6) is 0. The van der Waals surface area contributed by atoms with Crippen LogP contribution in [0.15, 0.2) is 114 Å². The summed E-state index contributed by atoms with van der Waals surface area (Å²) in [7, 11) is -0.671. The second-order valence-electron chi connectivity index (χ2n) is 6.07. The average molecular weight is 503 g/mol. The average Bonchev–Trinajstić information content (AvgIpc) is 2.76. The summed E-state index contributed by atoms with van der Waals surface area (Å²) in [6.07, 6.45) is 1.89. The van der Waals surface area contributed by atoms with Gasteiger partial charge in [0.1, 0.15) is 0 Å². The van der Waals surface area contributed by atoms with E-state index in [-0.39, 0.29) is 33.5 Å². The van der Waals surface area contributed by atoms with Gasteiger partial charge in [-0.05, 0) is 30.7 Å². The van der Waals surface area contributed by atoms with Gasteiger partial charge in [-0.1, -0.05) is 103 Å². The van der Waals surface area contributed by atoms with Gasteiger partial charge in [0, 0.05) is 33.6 Å². The quantitative estimate of drug-likeness (QED) is 0.225. The topological polar surface area (TPSA) is 12.4 Å². The van der Waals surface area contributed by atoms with E-state index in [9.17, 15) is 0 Å². The number of halogens is 1. The third kappa shape index (κ3) is 5.97. The van der Waals surface area contributed by atoms with Crippen molar-refractivity contribution in [3.63, 3.8) is 0 Å². The maximum Gasteiger partial charge on any atom is 0.0713 e. The van der Waals surface area contributed by atoms with Gasteiger partial charge in [0.05, 0.1) is 5.69 Å². The molecule has 29 heavy (non-hydrogen) atoms. The standard InChI is InChI=1S/C25H19NP.BrH.Ni/c1-4-12-21(13-5-1)20-26-24-18-10-11-19-25(24)27(22-14-6-2-7-15-22)23-16-8-3-9-17-23;;/h1-12,14-20H;1H;/p-1. The van der Waals surface area contributed by atoms with Crippen LogP contribution in [0.25, 0.3) is 0 Å². The molecule has 0 bridgehead atoms. The number of rotatable bonds is 5. The Morgan fingerprint density at radius 2 is 1.21 bits per heavy atom. The molecule has 4 heteroatoms. The van der Waals surface area contributed by atoms with Crippen LogP contribution in [0, 0.1) is 6.07 Å². The molecule has 0 heterocycles. The number of hydrogen-bond donors (Lipinski definition) is 0. The van der Waals surface area contributed by atoms with Gasteiger partial charge in [-0.25, -0.2) is 0 Å². The molecule has 147 valence electrons. The van der Waals surface area contributed by atoms with Gasteiger partial charge in [-0.2, -0.15) is 0 Å². The van der Waals surface area contributed by atoms with E-state index in [0.717, 1.165) is 11.3 Å². The van der Waals surface area contributed by atoms with Crippen LogP contribution in [0.2, 0.25) is 0 Å². The third-order valence-electron chi connectivity index (χ3n) is 4.23. The van der Waals surface area contributed by atoms with Gasteiger partial charge in [-0.15, -0.1) is 0 Å². The van der Waals surface area contributed by atoms with Crippen molar-refractivity contribution < 1.29 is 33.5 Å². The molecule has 0 aliphatic rings. The van der Waals surface area contributed by atoms with Crippen molar-refractivity contribution in [3.05, 3.63) is 121 Å². The zero-order chi connectivity index (χ0) is 18.3. The molecular formula is C25H19BrNNiP-. The summed E-state index contributed by atoms with van der Waals surface area (Å²) >= 11 is 0. The first-order valence-electron chi connectivity index (χ1n) is 8.92. The maximum atomic E-state index is 4.81. The van der Waals surface area contributed by atoms with E-state index in [4.69, 9.17) is 4.99 Å². The Morgan fingerprint density at radius 1 is 0.655 bits per heavy atom.